The number of nitrogens with one attached hydrogen (secondary N) is 1. The van der Waals surface area contributed by atoms with Gasteiger partial charge in [0.2, 0.25) is 0 Å². The monoisotopic (exact) mass is 317 g/mol. The van der Waals surface area contributed by atoms with Gasteiger partial charge in [-0.3, -0.25) is 4.68 Å². The molecule has 0 spiro atoms. The highest BCUT2D eigenvalue weighted by Gasteiger charge is 2.35. The normalized spacial score (nSPS) is 18.1. The maximum atomic E-state index is 4.40. The zero-order valence-corrected chi connectivity index (χ0v) is 13.1. The number of hydrogen-bond acceptors (Lipinski definition) is 3. The lowest BCUT2D eigenvalue weighted by molar-refractivity contribution is 0.344. The van der Waals surface area contributed by atoms with E-state index in [4.69, 9.17) is 0 Å². The molecule has 0 aliphatic heterocycles. The van der Waals surface area contributed by atoms with Gasteiger partial charge in [0.05, 0.1) is 15.9 Å². The molecule has 17 heavy (non-hydrogen) atoms. The van der Waals surface area contributed by atoms with Gasteiger partial charge in [0.15, 0.2) is 0 Å². The molecule has 96 valence electrons. The minimum atomic E-state index is 0.500. The fourth-order valence-electron chi connectivity index (χ4n) is 2.31. The molecule has 0 saturated heterocycles. The van der Waals surface area contributed by atoms with Crippen molar-refractivity contribution in [1.29, 1.82) is 0 Å². The van der Waals surface area contributed by atoms with E-state index < -0.39 is 0 Å². The molecule has 1 aliphatic carbocycles. The molecule has 0 unspecified atom stereocenters. The Balaban J connectivity index is 1.90. The Morgan fingerprint density at radius 1 is 1.53 bits per heavy atom. The lowest BCUT2D eigenvalue weighted by atomic mass is 9.84. The van der Waals surface area contributed by atoms with Crippen LogP contribution in [0.2, 0.25) is 0 Å². The van der Waals surface area contributed by atoms with Gasteiger partial charge in [0, 0.05) is 24.9 Å². The van der Waals surface area contributed by atoms with Crippen molar-refractivity contribution >= 4 is 27.7 Å². The number of nitrogens with zero attached hydrogens (tertiary/aromatic N) is 2. The van der Waals surface area contributed by atoms with Crippen LogP contribution in [0.25, 0.3) is 0 Å². The summed E-state index contributed by atoms with van der Waals surface area (Å²) in [5.41, 5.74) is 2.30. The van der Waals surface area contributed by atoms with Crippen LogP contribution in [0.15, 0.2) is 4.47 Å². The molecule has 1 aromatic heterocycles. The molecule has 0 amide bonds. The van der Waals surface area contributed by atoms with Crippen LogP contribution in [0.3, 0.4) is 0 Å². The predicted molar refractivity (Wildman–Crippen MR) is 77.4 cm³/mol. The molecule has 1 aromatic rings. The van der Waals surface area contributed by atoms with E-state index in [0.29, 0.717) is 4.75 Å². The van der Waals surface area contributed by atoms with Gasteiger partial charge >= 0.3 is 0 Å². The maximum Gasteiger partial charge on any atom is 0.0739 e. The molecule has 1 heterocycles. The summed E-state index contributed by atoms with van der Waals surface area (Å²) in [4.78, 5) is 0. The molecule has 1 aliphatic rings. The van der Waals surface area contributed by atoms with Crippen LogP contribution >= 0.6 is 27.7 Å². The van der Waals surface area contributed by atoms with Gasteiger partial charge < -0.3 is 5.32 Å². The highest BCUT2D eigenvalue weighted by atomic mass is 79.9. The lowest BCUT2D eigenvalue weighted by Gasteiger charge is -2.40. The van der Waals surface area contributed by atoms with E-state index in [2.05, 4.69) is 32.6 Å². The van der Waals surface area contributed by atoms with E-state index in [1.807, 2.05) is 30.4 Å². The van der Waals surface area contributed by atoms with Crippen molar-refractivity contribution in [1.82, 2.24) is 15.1 Å². The number of halogens is 1. The standard InChI is InChI=1S/C12H20BrN3S/c1-9-11(13)10(16(2)15-9)7-14-8-12(17-3)5-4-6-12/h14H,4-8H2,1-3H3. The van der Waals surface area contributed by atoms with Crippen LogP contribution in [0.4, 0.5) is 0 Å². The summed E-state index contributed by atoms with van der Waals surface area (Å²) in [6.07, 6.45) is 6.32. The van der Waals surface area contributed by atoms with Gasteiger partial charge in [-0.05, 0) is 42.0 Å². The minimum Gasteiger partial charge on any atom is -0.310 e. The third-order valence-electron chi connectivity index (χ3n) is 3.70. The van der Waals surface area contributed by atoms with E-state index in [-0.39, 0.29) is 0 Å². The van der Waals surface area contributed by atoms with E-state index in [9.17, 15) is 0 Å². The average molecular weight is 318 g/mol. The molecule has 1 saturated carbocycles. The van der Waals surface area contributed by atoms with Crippen molar-refractivity contribution in [2.45, 2.75) is 37.5 Å². The van der Waals surface area contributed by atoms with Crippen molar-refractivity contribution in [3.05, 3.63) is 15.9 Å². The second-order valence-electron chi connectivity index (χ2n) is 4.81. The van der Waals surface area contributed by atoms with Gasteiger partial charge in [0.1, 0.15) is 0 Å². The molecule has 0 aromatic carbocycles. The lowest BCUT2D eigenvalue weighted by Crippen LogP contribution is -2.43. The summed E-state index contributed by atoms with van der Waals surface area (Å²) >= 11 is 5.61. The Morgan fingerprint density at radius 2 is 2.24 bits per heavy atom. The van der Waals surface area contributed by atoms with Crippen LogP contribution in [-0.4, -0.2) is 27.3 Å². The quantitative estimate of drug-likeness (QED) is 0.905. The highest BCUT2D eigenvalue weighted by molar-refractivity contribution is 9.10. The molecule has 0 radical (unpaired) electrons. The molecule has 3 nitrogen and oxygen atoms in total. The number of aromatic nitrogens is 2. The summed E-state index contributed by atoms with van der Waals surface area (Å²) < 4.78 is 3.60. The Bertz CT molecular complexity index is 393. The molecular weight excluding hydrogens is 298 g/mol. The first-order valence-electron chi connectivity index (χ1n) is 6.02. The Hall–Kier alpha value is 0. The van der Waals surface area contributed by atoms with Crippen molar-refractivity contribution in [3.8, 4) is 0 Å². The summed E-state index contributed by atoms with van der Waals surface area (Å²) in [7, 11) is 2.00. The largest absolute Gasteiger partial charge is 0.310 e. The van der Waals surface area contributed by atoms with Crippen molar-refractivity contribution in [2.75, 3.05) is 12.8 Å². The van der Waals surface area contributed by atoms with Gasteiger partial charge in [-0.2, -0.15) is 16.9 Å². The number of aryl methyl sites for hydroxylation is 2. The van der Waals surface area contributed by atoms with E-state index >= 15 is 0 Å². The van der Waals surface area contributed by atoms with Gasteiger partial charge in [-0.25, -0.2) is 0 Å². The maximum absolute atomic E-state index is 4.40. The van der Waals surface area contributed by atoms with Gasteiger partial charge in [0.25, 0.3) is 0 Å². The fraction of sp³-hybridized carbons (Fsp3) is 0.750. The van der Waals surface area contributed by atoms with Crippen molar-refractivity contribution in [3.63, 3.8) is 0 Å². The Morgan fingerprint density at radius 3 is 2.65 bits per heavy atom. The third kappa shape index (κ3) is 2.71. The van der Waals surface area contributed by atoms with Crippen LogP contribution < -0.4 is 5.32 Å². The van der Waals surface area contributed by atoms with Crippen LogP contribution in [0.1, 0.15) is 30.7 Å². The van der Waals surface area contributed by atoms with Crippen LogP contribution in [-0.2, 0) is 13.6 Å². The van der Waals surface area contributed by atoms with Crippen molar-refractivity contribution in [2.24, 2.45) is 7.05 Å². The SMILES string of the molecule is CSC1(CNCc2c(Br)c(C)nn2C)CCC1. The van der Waals surface area contributed by atoms with Crippen LogP contribution in [0, 0.1) is 6.92 Å². The highest BCUT2D eigenvalue weighted by Crippen LogP contribution is 2.42. The first kappa shape index (κ1) is 13.4. The van der Waals surface area contributed by atoms with Gasteiger partial charge in [-0.1, -0.05) is 6.42 Å². The average Bonchev–Trinajstić information content (AvgIpc) is 2.48. The molecule has 5 heteroatoms. The fourth-order valence-corrected chi connectivity index (χ4v) is 3.72. The summed E-state index contributed by atoms with van der Waals surface area (Å²) in [6.45, 7) is 4.02. The Kier molecular flexibility index (Phi) is 4.21. The second kappa shape index (κ2) is 5.33. The minimum absolute atomic E-state index is 0.500. The molecule has 0 atom stereocenters. The molecule has 1 N–H and O–H groups in total. The first-order valence-corrected chi connectivity index (χ1v) is 8.03. The molecule has 0 bridgehead atoms. The van der Waals surface area contributed by atoms with E-state index in [0.717, 1.165) is 23.3 Å². The summed E-state index contributed by atoms with van der Waals surface area (Å²) in [5, 5.41) is 7.98. The number of hydrogen-bond donors (Lipinski definition) is 1. The molecular formula is C12H20BrN3S. The van der Waals surface area contributed by atoms with Crippen molar-refractivity contribution < 1.29 is 0 Å². The molecule has 1 fully saturated rings. The number of rotatable bonds is 5. The smallest absolute Gasteiger partial charge is 0.0739 e. The third-order valence-corrected chi connectivity index (χ3v) is 6.15. The first-order chi connectivity index (χ1) is 8.08. The van der Waals surface area contributed by atoms with E-state index in [1.165, 1.54) is 25.0 Å². The van der Waals surface area contributed by atoms with E-state index in [1.54, 1.807) is 0 Å². The van der Waals surface area contributed by atoms with Gasteiger partial charge in [-0.15, -0.1) is 0 Å². The van der Waals surface area contributed by atoms with Crippen LogP contribution in [0.5, 0.6) is 0 Å². The molecule has 2 rings (SSSR count). The predicted octanol–water partition coefficient (Wildman–Crippen LogP) is 2.87. The number of thioether (sulfide) groups is 1. The second-order valence-corrected chi connectivity index (χ2v) is 6.88. The Labute approximate surface area is 116 Å². The summed E-state index contributed by atoms with van der Waals surface area (Å²) in [5.74, 6) is 0. The zero-order chi connectivity index (χ0) is 12.5. The summed E-state index contributed by atoms with van der Waals surface area (Å²) in [6, 6.07) is 0. The topological polar surface area (TPSA) is 29.9 Å². The zero-order valence-electron chi connectivity index (χ0n) is 10.7.